The van der Waals surface area contributed by atoms with Crippen LogP contribution in [-0.4, -0.2) is 14.2 Å². The van der Waals surface area contributed by atoms with Crippen molar-refractivity contribution in [2.45, 2.75) is 6.61 Å². The molecule has 0 N–H and O–H groups in total. The van der Waals surface area contributed by atoms with E-state index < -0.39 is 0 Å². The zero-order chi connectivity index (χ0) is 15.2. The molecule has 0 saturated heterocycles. The molecule has 4 nitrogen and oxygen atoms in total. The SMILES string of the molecule is COc1ccc(COc2cccc(C#N)c2)c(Br)c1OC. The Kier molecular flexibility index (Phi) is 5.07. The lowest BCUT2D eigenvalue weighted by atomic mass is 10.2. The number of rotatable bonds is 5. The third-order valence-corrected chi connectivity index (χ3v) is 3.79. The van der Waals surface area contributed by atoms with E-state index >= 15 is 0 Å². The predicted octanol–water partition coefficient (Wildman–Crippen LogP) is 3.92. The fourth-order valence-corrected chi connectivity index (χ4v) is 2.46. The molecule has 0 heterocycles. The highest BCUT2D eigenvalue weighted by molar-refractivity contribution is 9.10. The molecule has 0 spiro atoms. The summed E-state index contributed by atoms with van der Waals surface area (Å²) in [6.07, 6.45) is 0. The number of methoxy groups -OCH3 is 2. The Morgan fingerprint density at radius 1 is 1.14 bits per heavy atom. The quantitative estimate of drug-likeness (QED) is 0.822. The first-order chi connectivity index (χ1) is 10.2. The van der Waals surface area contributed by atoms with Gasteiger partial charge in [-0.1, -0.05) is 12.1 Å². The zero-order valence-corrected chi connectivity index (χ0v) is 13.3. The molecule has 2 aromatic rings. The summed E-state index contributed by atoms with van der Waals surface area (Å²) < 4.78 is 17.1. The molecular formula is C16H14BrNO3. The minimum absolute atomic E-state index is 0.357. The van der Waals surface area contributed by atoms with Gasteiger partial charge >= 0.3 is 0 Å². The van der Waals surface area contributed by atoms with Crippen molar-refractivity contribution in [1.29, 1.82) is 5.26 Å². The van der Waals surface area contributed by atoms with Crippen molar-refractivity contribution in [1.82, 2.24) is 0 Å². The summed E-state index contributed by atoms with van der Waals surface area (Å²) in [5.74, 6) is 1.93. The average molecular weight is 348 g/mol. The maximum absolute atomic E-state index is 8.87. The van der Waals surface area contributed by atoms with E-state index in [4.69, 9.17) is 19.5 Å². The van der Waals surface area contributed by atoms with Crippen molar-refractivity contribution in [3.05, 3.63) is 52.0 Å². The monoisotopic (exact) mass is 347 g/mol. The van der Waals surface area contributed by atoms with Gasteiger partial charge in [0, 0.05) is 5.56 Å². The highest BCUT2D eigenvalue weighted by Crippen LogP contribution is 2.37. The number of ether oxygens (including phenoxy) is 3. The van der Waals surface area contributed by atoms with Crippen LogP contribution in [0.5, 0.6) is 17.2 Å². The molecule has 0 bridgehead atoms. The maximum atomic E-state index is 8.87. The van der Waals surface area contributed by atoms with Crippen molar-refractivity contribution >= 4 is 15.9 Å². The molecule has 0 aromatic heterocycles. The van der Waals surface area contributed by atoms with Crippen LogP contribution in [0.3, 0.4) is 0 Å². The Bertz CT molecular complexity index is 680. The van der Waals surface area contributed by atoms with E-state index in [9.17, 15) is 0 Å². The topological polar surface area (TPSA) is 51.5 Å². The Morgan fingerprint density at radius 2 is 1.95 bits per heavy atom. The third kappa shape index (κ3) is 3.47. The lowest BCUT2D eigenvalue weighted by molar-refractivity contribution is 0.302. The van der Waals surface area contributed by atoms with Gasteiger partial charge in [-0.3, -0.25) is 0 Å². The molecule has 5 heteroatoms. The van der Waals surface area contributed by atoms with Gasteiger partial charge in [0.25, 0.3) is 0 Å². The van der Waals surface area contributed by atoms with Crippen LogP contribution in [0.1, 0.15) is 11.1 Å². The lowest BCUT2D eigenvalue weighted by Crippen LogP contribution is -2.00. The molecule has 21 heavy (non-hydrogen) atoms. The summed E-state index contributed by atoms with van der Waals surface area (Å²) in [4.78, 5) is 0. The zero-order valence-electron chi connectivity index (χ0n) is 11.7. The Balaban J connectivity index is 2.18. The van der Waals surface area contributed by atoms with Crippen LogP contribution < -0.4 is 14.2 Å². The van der Waals surface area contributed by atoms with E-state index in [0.717, 1.165) is 10.0 Å². The van der Waals surface area contributed by atoms with Gasteiger partial charge in [0.2, 0.25) is 0 Å². The van der Waals surface area contributed by atoms with Crippen LogP contribution in [0, 0.1) is 11.3 Å². The van der Waals surface area contributed by atoms with Crippen LogP contribution in [-0.2, 0) is 6.61 Å². The van der Waals surface area contributed by atoms with Crippen LogP contribution >= 0.6 is 15.9 Å². The van der Waals surface area contributed by atoms with Gasteiger partial charge in [0.05, 0.1) is 30.3 Å². The van der Waals surface area contributed by atoms with Gasteiger partial charge in [-0.2, -0.15) is 5.26 Å². The number of halogens is 1. The maximum Gasteiger partial charge on any atom is 0.175 e. The highest BCUT2D eigenvalue weighted by atomic mass is 79.9. The number of nitrogens with zero attached hydrogens (tertiary/aromatic N) is 1. The van der Waals surface area contributed by atoms with Crippen molar-refractivity contribution in [3.63, 3.8) is 0 Å². The van der Waals surface area contributed by atoms with Gasteiger partial charge < -0.3 is 14.2 Å². The molecule has 0 amide bonds. The van der Waals surface area contributed by atoms with E-state index in [1.807, 2.05) is 18.2 Å². The summed E-state index contributed by atoms with van der Waals surface area (Å²) in [6.45, 7) is 0.357. The molecule has 108 valence electrons. The second-order valence-electron chi connectivity index (χ2n) is 4.20. The minimum Gasteiger partial charge on any atom is -0.493 e. The summed E-state index contributed by atoms with van der Waals surface area (Å²) >= 11 is 3.50. The summed E-state index contributed by atoms with van der Waals surface area (Å²) in [7, 11) is 3.18. The van der Waals surface area contributed by atoms with Gasteiger partial charge in [-0.15, -0.1) is 0 Å². The number of benzene rings is 2. The largest absolute Gasteiger partial charge is 0.493 e. The van der Waals surface area contributed by atoms with E-state index in [1.54, 1.807) is 32.4 Å². The molecule has 0 unspecified atom stereocenters. The molecule has 0 aliphatic carbocycles. The minimum atomic E-state index is 0.357. The van der Waals surface area contributed by atoms with E-state index in [2.05, 4.69) is 22.0 Å². The first-order valence-corrected chi connectivity index (χ1v) is 7.01. The Labute approximate surface area is 132 Å². The molecule has 0 radical (unpaired) electrons. The molecular weight excluding hydrogens is 334 g/mol. The highest BCUT2D eigenvalue weighted by Gasteiger charge is 2.13. The number of hydrogen-bond acceptors (Lipinski definition) is 4. The van der Waals surface area contributed by atoms with Crippen LogP contribution in [0.2, 0.25) is 0 Å². The van der Waals surface area contributed by atoms with Crippen molar-refractivity contribution < 1.29 is 14.2 Å². The van der Waals surface area contributed by atoms with Gasteiger partial charge in [0.1, 0.15) is 12.4 Å². The molecule has 0 atom stereocenters. The number of nitriles is 1. The van der Waals surface area contributed by atoms with Crippen molar-refractivity contribution in [2.75, 3.05) is 14.2 Å². The third-order valence-electron chi connectivity index (χ3n) is 2.92. The summed E-state index contributed by atoms with van der Waals surface area (Å²) in [5.41, 5.74) is 1.49. The molecule has 0 fully saturated rings. The molecule has 2 aromatic carbocycles. The van der Waals surface area contributed by atoms with Crippen LogP contribution in [0.25, 0.3) is 0 Å². The second-order valence-corrected chi connectivity index (χ2v) is 5.00. The van der Waals surface area contributed by atoms with E-state index in [1.165, 1.54) is 0 Å². The van der Waals surface area contributed by atoms with E-state index in [-0.39, 0.29) is 0 Å². The standard InChI is InChI=1S/C16H14BrNO3/c1-19-14-7-6-12(15(17)16(14)20-2)10-21-13-5-3-4-11(8-13)9-18/h3-8H,10H2,1-2H3. The molecule has 0 aliphatic heterocycles. The summed E-state index contributed by atoms with van der Waals surface area (Å²) in [6, 6.07) is 12.9. The second kappa shape index (κ2) is 7.00. The fraction of sp³-hybridized carbons (Fsp3) is 0.188. The number of hydrogen-bond donors (Lipinski definition) is 0. The van der Waals surface area contributed by atoms with E-state index in [0.29, 0.717) is 29.4 Å². The fourth-order valence-electron chi connectivity index (χ4n) is 1.86. The predicted molar refractivity (Wildman–Crippen MR) is 82.7 cm³/mol. The van der Waals surface area contributed by atoms with Gasteiger partial charge in [0.15, 0.2) is 11.5 Å². The Morgan fingerprint density at radius 3 is 2.62 bits per heavy atom. The van der Waals surface area contributed by atoms with Crippen LogP contribution in [0.4, 0.5) is 0 Å². The smallest absolute Gasteiger partial charge is 0.175 e. The van der Waals surface area contributed by atoms with Gasteiger partial charge in [-0.05, 0) is 40.2 Å². The van der Waals surface area contributed by atoms with Crippen molar-refractivity contribution in [2.24, 2.45) is 0 Å². The van der Waals surface area contributed by atoms with Crippen LogP contribution in [0.15, 0.2) is 40.9 Å². The summed E-state index contributed by atoms with van der Waals surface area (Å²) in [5, 5.41) is 8.87. The average Bonchev–Trinajstić information content (AvgIpc) is 2.53. The van der Waals surface area contributed by atoms with Gasteiger partial charge in [-0.25, -0.2) is 0 Å². The Hall–Kier alpha value is -2.19. The first-order valence-electron chi connectivity index (χ1n) is 6.22. The normalized spacial score (nSPS) is 9.81. The first kappa shape index (κ1) is 15.2. The lowest BCUT2D eigenvalue weighted by Gasteiger charge is -2.13. The molecule has 0 saturated carbocycles. The van der Waals surface area contributed by atoms with Crippen molar-refractivity contribution in [3.8, 4) is 23.3 Å². The molecule has 0 aliphatic rings. The molecule has 2 rings (SSSR count).